The van der Waals surface area contributed by atoms with Crippen LogP contribution in [0.25, 0.3) is 0 Å². The van der Waals surface area contributed by atoms with Crippen molar-refractivity contribution in [2.24, 2.45) is 29.1 Å². The van der Waals surface area contributed by atoms with E-state index in [0.29, 0.717) is 12.0 Å². The smallest absolute Gasteiger partial charge is 0.311 e. The fourth-order valence-electron chi connectivity index (χ4n) is 5.54. The maximum absolute atomic E-state index is 12.6. The first-order chi connectivity index (χ1) is 12.3. The van der Waals surface area contributed by atoms with Gasteiger partial charge in [-0.15, -0.1) is 0 Å². The zero-order chi connectivity index (χ0) is 18.9. The molecule has 1 heterocycles. The van der Waals surface area contributed by atoms with Crippen molar-refractivity contribution in [2.75, 3.05) is 6.54 Å². The molecule has 0 aromatic rings. The Bertz CT molecular complexity index is 540. The van der Waals surface area contributed by atoms with Crippen LogP contribution in [0, 0.1) is 29.1 Å². The number of carbonyl (C=O) groups excluding carboxylic acids is 1. The summed E-state index contributed by atoms with van der Waals surface area (Å²) in [7, 11) is 0. The first-order valence-corrected chi connectivity index (χ1v) is 11.0. The molecule has 0 amide bonds. The minimum atomic E-state index is -0.00118. The van der Waals surface area contributed by atoms with Crippen molar-refractivity contribution in [1.29, 1.82) is 0 Å². The molecule has 2 aliphatic carbocycles. The third-order valence-electron chi connectivity index (χ3n) is 7.19. The molecule has 0 radical (unpaired) electrons. The second-order valence-electron chi connectivity index (χ2n) is 9.97. The summed E-state index contributed by atoms with van der Waals surface area (Å²) < 4.78 is 5.85. The summed E-state index contributed by atoms with van der Waals surface area (Å²) in [5, 5.41) is 3.62. The minimum Gasteiger partial charge on any atom is -0.461 e. The van der Waals surface area contributed by atoms with E-state index in [1.54, 1.807) is 5.57 Å². The van der Waals surface area contributed by atoms with E-state index in [0.717, 1.165) is 18.9 Å². The van der Waals surface area contributed by atoms with Crippen LogP contribution in [0.3, 0.4) is 0 Å². The van der Waals surface area contributed by atoms with Crippen molar-refractivity contribution in [3.8, 4) is 0 Å². The first kappa shape index (κ1) is 19.9. The lowest BCUT2D eigenvalue weighted by Crippen LogP contribution is -2.41. The van der Waals surface area contributed by atoms with Gasteiger partial charge in [0.15, 0.2) is 0 Å². The lowest BCUT2D eigenvalue weighted by molar-refractivity contribution is -0.145. The van der Waals surface area contributed by atoms with Crippen LogP contribution in [0.15, 0.2) is 11.6 Å². The summed E-state index contributed by atoms with van der Waals surface area (Å²) in [6, 6.07) is 0.468. The lowest BCUT2D eigenvalue weighted by atomic mass is 9.59. The third-order valence-corrected chi connectivity index (χ3v) is 7.19. The van der Waals surface area contributed by atoms with Crippen LogP contribution in [-0.2, 0) is 9.53 Å². The summed E-state index contributed by atoms with van der Waals surface area (Å²) >= 11 is 0. The number of carbonyl (C=O) groups is 1. The van der Waals surface area contributed by atoms with Gasteiger partial charge < -0.3 is 10.1 Å². The molecule has 1 saturated heterocycles. The highest BCUT2D eigenvalue weighted by molar-refractivity contribution is 5.76. The van der Waals surface area contributed by atoms with Crippen LogP contribution < -0.4 is 5.32 Å². The molecule has 1 aliphatic heterocycles. The molecule has 0 unspecified atom stereocenters. The molecule has 3 heteroatoms. The predicted molar refractivity (Wildman–Crippen MR) is 107 cm³/mol. The van der Waals surface area contributed by atoms with Gasteiger partial charge >= 0.3 is 5.97 Å². The van der Waals surface area contributed by atoms with Crippen molar-refractivity contribution in [1.82, 2.24) is 5.32 Å². The molecule has 1 N–H and O–H groups in total. The van der Waals surface area contributed by atoms with Crippen LogP contribution in [0.2, 0.25) is 0 Å². The Hall–Kier alpha value is -0.830. The van der Waals surface area contributed by atoms with Crippen LogP contribution in [0.5, 0.6) is 0 Å². The van der Waals surface area contributed by atoms with Gasteiger partial charge in [-0.05, 0) is 49.9 Å². The van der Waals surface area contributed by atoms with E-state index in [2.05, 4.69) is 46.0 Å². The molecule has 6 atom stereocenters. The summed E-state index contributed by atoms with van der Waals surface area (Å²) in [6.07, 6.45) is 11.2. The van der Waals surface area contributed by atoms with Gasteiger partial charge in [-0.2, -0.15) is 0 Å². The quantitative estimate of drug-likeness (QED) is 0.506. The number of esters is 1. The van der Waals surface area contributed by atoms with E-state index in [1.807, 2.05) is 0 Å². The number of ether oxygens (including phenoxy) is 1. The molecule has 26 heavy (non-hydrogen) atoms. The molecule has 0 bridgehead atoms. The van der Waals surface area contributed by atoms with Crippen molar-refractivity contribution < 1.29 is 9.53 Å². The Morgan fingerprint density at radius 3 is 2.81 bits per heavy atom. The Labute approximate surface area is 160 Å². The maximum atomic E-state index is 12.6. The van der Waals surface area contributed by atoms with Crippen molar-refractivity contribution in [2.45, 2.75) is 91.7 Å². The standard InChI is InChI=1S/C23H39NO2/c1-15(2)8-6-10-17(4)24-14-19-18-12-20-16(3)9-7-11-23(20,5)13-21(18)26-22(19)25/h12,15-19,21,24H,6-11,13-14H2,1-5H3/t16-,17+,18-,19+,21-,23-/m1/s1. The Balaban J connectivity index is 1.61. The number of fused-ring (bicyclic) bond motifs is 2. The Morgan fingerprint density at radius 2 is 2.08 bits per heavy atom. The fourth-order valence-corrected chi connectivity index (χ4v) is 5.54. The summed E-state index contributed by atoms with van der Waals surface area (Å²) in [5.41, 5.74) is 1.87. The molecule has 2 fully saturated rings. The monoisotopic (exact) mass is 361 g/mol. The second-order valence-corrected chi connectivity index (χ2v) is 9.97. The first-order valence-electron chi connectivity index (χ1n) is 11.0. The molecule has 3 rings (SSSR count). The number of rotatable bonds is 7. The molecule has 148 valence electrons. The Kier molecular flexibility index (Phi) is 6.16. The van der Waals surface area contributed by atoms with Gasteiger partial charge in [0.05, 0.1) is 5.92 Å². The number of hydrogen-bond donors (Lipinski definition) is 1. The van der Waals surface area contributed by atoms with Crippen molar-refractivity contribution in [3.05, 3.63) is 11.6 Å². The molecule has 3 aliphatic rings. The number of hydrogen-bond acceptors (Lipinski definition) is 3. The average molecular weight is 362 g/mol. The van der Waals surface area contributed by atoms with Gasteiger partial charge in [0, 0.05) is 18.5 Å². The zero-order valence-electron chi connectivity index (χ0n) is 17.5. The molecule has 0 spiro atoms. The average Bonchev–Trinajstić information content (AvgIpc) is 2.84. The lowest BCUT2D eigenvalue weighted by Gasteiger charge is -2.46. The van der Waals surface area contributed by atoms with E-state index < -0.39 is 0 Å². The number of nitrogens with one attached hydrogen (secondary N) is 1. The highest BCUT2D eigenvalue weighted by atomic mass is 16.6. The van der Waals surface area contributed by atoms with E-state index in [-0.39, 0.29) is 29.3 Å². The zero-order valence-corrected chi connectivity index (χ0v) is 17.5. The Morgan fingerprint density at radius 1 is 1.31 bits per heavy atom. The highest BCUT2D eigenvalue weighted by Crippen LogP contribution is 2.53. The van der Waals surface area contributed by atoms with Crippen LogP contribution in [0.4, 0.5) is 0 Å². The van der Waals surface area contributed by atoms with Gasteiger partial charge in [0.1, 0.15) is 6.10 Å². The number of allylic oxidation sites excluding steroid dienone is 1. The summed E-state index contributed by atoms with van der Waals surface area (Å²) in [6.45, 7) is 12.3. The van der Waals surface area contributed by atoms with Gasteiger partial charge in [-0.25, -0.2) is 0 Å². The minimum absolute atomic E-state index is 0.00118. The van der Waals surface area contributed by atoms with Crippen molar-refractivity contribution in [3.63, 3.8) is 0 Å². The molecule has 1 saturated carbocycles. The van der Waals surface area contributed by atoms with Gasteiger partial charge in [-0.1, -0.05) is 58.6 Å². The third kappa shape index (κ3) is 4.18. The molecular formula is C23H39NO2. The SMILES string of the molecule is CC(C)CCC[C@H](C)NC[C@@H]1C(=O)O[C@@H]2C[C@@]3(C)CCC[C@@H](C)C3=C[C@H]12. The van der Waals surface area contributed by atoms with Gasteiger partial charge in [0.2, 0.25) is 0 Å². The van der Waals surface area contributed by atoms with E-state index in [4.69, 9.17) is 4.74 Å². The normalized spacial score (nSPS) is 37.8. The maximum Gasteiger partial charge on any atom is 0.311 e. The fraction of sp³-hybridized carbons (Fsp3) is 0.870. The van der Waals surface area contributed by atoms with Crippen LogP contribution in [-0.4, -0.2) is 24.7 Å². The second kappa shape index (κ2) is 8.04. The molecule has 0 aromatic carbocycles. The summed E-state index contributed by atoms with van der Waals surface area (Å²) in [5.74, 6) is 1.73. The van der Waals surface area contributed by atoms with Gasteiger partial charge in [0.25, 0.3) is 0 Å². The van der Waals surface area contributed by atoms with E-state index in [1.165, 1.54) is 38.5 Å². The topological polar surface area (TPSA) is 38.3 Å². The molecule has 0 aromatic heterocycles. The van der Waals surface area contributed by atoms with E-state index in [9.17, 15) is 4.79 Å². The summed E-state index contributed by atoms with van der Waals surface area (Å²) in [4.78, 5) is 12.6. The largest absolute Gasteiger partial charge is 0.461 e. The predicted octanol–water partition coefficient (Wildman–Crippen LogP) is 5.11. The van der Waals surface area contributed by atoms with Crippen LogP contribution in [0.1, 0.15) is 79.6 Å². The van der Waals surface area contributed by atoms with Gasteiger partial charge in [-0.3, -0.25) is 4.79 Å². The molecule has 3 nitrogen and oxygen atoms in total. The van der Waals surface area contributed by atoms with E-state index >= 15 is 0 Å². The van der Waals surface area contributed by atoms with Crippen LogP contribution >= 0.6 is 0 Å². The molecular weight excluding hydrogens is 322 g/mol. The highest BCUT2D eigenvalue weighted by Gasteiger charge is 2.51. The van der Waals surface area contributed by atoms with Crippen molar-refractivity contribution >= 4 is 5.97 Å².